The number of nitrogens with one attached hydrogen (secondary N) is 2. The Labute approximate surface area is 152 Å². The first-order valence-electron chi connectivity index (χ1n) is 8.41. The van der Waals surface area contributed by atoms with Gasteiger partial charge in [0.15, 0.2) is 0 Å². The number of anilines is 2. The molecule has 2 unspecified atom stereocenters. The summed E-state index contributed by atoms with van der Waals surface area (Å²) in [6.45, 7) is 4.25. The summed E-state index contributed by atoms with van der Waals surface area (Å²) in [5.41, 5.74) is 2.67. The zero-order valence-corrected chi connectivity index (χ0v) is 15.0. The smallest absolute Gasteiger partial charge is 0.228 e. The predicted molar refractivity (Wildman–Crippen MR) is 101 cm³/mol. The summed E-state index contributed by atoms with van der Waals surface area (Å²) in [7, 11) is 0. The lowest BCUT2D eigenvalue weighted by atomic mass is 10.0. The molecule has 4 nitrogen and oxygen atoms in total. The molecule has 130 valence electrons. The lowest BCUT2D eigenvalue weighted by Crippen LogP contribution is -2.20. The van der Waals surface area contributed by atoms with Gasteiger partial charge in [-0.2, -0.15) is 0 Å². The van der Waals surface area contributed by atoms with Crippen molar-refractivity contribution in [3.63, 3.8) is 0 Å². The molecule has 0 radical (unpaired) electrons. The maximum absolute atomic E-state index is 12.3. The molecule has 2 aromatic carbocycles. The minimum absolute atomic E-state index is 0.103. The highest BCUT2D eigenvalue weighted by atomic mass is 35.5. The van der Waals surface area contributed by atoms with Gasteiger partial charge in [0.05, 0.1) is 11.8 Å². The van der Waals surface area contributed by atoms with Gasteiger partial charge in [-0.3, -0.25) is 9.59 Å². The standard InChI is InChI=1S/C20H21ClN2O2/c1-12(2)13-3-7-15(8-4-13)22-19(24)17-11-18(17)20(25)23-16-9-5-14(21)6-10-16/h3-10,12,17-18H,11H2,1-2H3,(H,22,24)(H,23,25). The number of carbonyl (C=O) groups excluding carboxylic acids is 2. The van der Waals surface area contributed by atoms with E-state index < -0.39 is 0 Å². The third-order valence-corrected chi connectivity index (χ3v) is 4.67. The fourth-order valence-corrected chi connectivity index (χ4v) is 2.86. The molecule has 0 aromatic heterocycles. The molecule has 2 N–H and O–H groups in total. The molecule has 5 heteroatoms. The van der Waals surface area contributed by atoms with Crippen LogP contribution in [0.25, 0.3) is 0 Å². The minimum Gasteiger partial charge on any atom is -0.326 e. The number of amides is 2. The van der Waals surface area contributed by atoms with Crippen LogP contribution >= 0.6 is 11.6 Å². The van der Waals surface area contributed by atoms with Crippen LogP contribution in [-0.2, 0) is 9.59 Å². The van der Waals surface area contributed by atoms with Crippen LogP contribution in [0.5, 0.6) is 0 Å². The minimum atomic E-state index is -0.273. The number of halogens is 1. The molecule has 0 heterocycles. The van der Waals surface area contributed by atoms with Gasteiger partial charge in [0.1, 0.15) is 0 Å². The van der Waals surface area contributed by atoms with Gasteiger partial charge in [-0.1, -0.05) is 37.6 Å². The fraction of sp³-hybridized carbons (Fsp3) is 0.300. The number of hydrogen-bond acceptors (Lipinski definition) is 2. The van der Waals surface area contributed by atoms with Crippen LogP contribution < -0.4 is 10.6 Å². The Hall–Kier alpha value is -2.33. The van der Waals surface area contributed by atoms with Gasteiger partial charge in [0.2, 0.25) is 11.8 Å². The van der Waals surface area contributed by atoms with Crippen molar-refractivity contribution in [1.29, 1.82) is 0 Å². The van der Waals surface area contributed by atoms with Crippen molar-refractivity contribution in [2.24, 2.45) is 11.8 Å². The van der Waals surface area contributed by atoms with E-state index in [4.69, 9.17) is 11.6 Å². The second-order valence-electron chi connectivity index (χ2n) is 6.71. The van der Waals surface area contributed by atoms with Gasteiger partial charge in [-0.05, 0) is 54.3 Å². The second-order valence-corrected chi connectivity index (χ2v) is 7.15. The van der Waals surface area contributed by atoms with E-state index in [9.17, 15) is 9.59 Å². The van der Waals surface area contributed by atoms with Crippen molar-refractivity contribution in [1.82, 2.24) is 0 Å². The monoisotopic (exact) mass is 356 g/mol. The Kier molecular flexibility index (Phi) is 5.09. The quantitative estimate of drug-likeness (QED) is 0.817. The number of hydrogen-bond donors (Lipinski definition) is 2. The average Bonchev–Trinajstić information content (AvgIpc) is 3.38. The average molecular weight is 357 g/mol. The van der Waals surface area contributed by atoms with Crippen LogP contribution in [0.15, 0.2) is 48.5 Å². The van der Waals surface area contributed by atoms with Gasteiger partial charge in [-0.15, -0.1) is 0 Å². The van der Waals surface area contributed by atoms with Crippen molar-refractivity contribution in [3.05, 3.63) is 59.1 Å². The molecule has 1 aliphatic rings. The van der Waals surface area contributed by atoms with E-state index in [1.165, 1.54) is 5.56 Å². The molecule has 25 heavy (non-hydrogen) atoms. The van der Waals surface area contributed by atoms with Crippen LogP contribution in [0, 0.1) is 11.8 Å². The van der Waals surface area contributed by atoms with Crippen LogP contribution in [0.4, 0.5) is 11.4 Å². The molecule has 0 spiro atoms. The molecule has 2 atom stereocenters. The Morgan fingerprint density at radius 2 is 1.32 bits per heavy atom. The molecule has 0 saturated heterocycles. The fourth-order valence-electron chi connectivity index (χ4n) is 2.73. The van der Waals surface area contributed by atoms with Crippen LogP contribution in [0.2, 0.25) is 5.02 Å². The zero-order valence-electron chi connectivity index (χ0n) is 14.3. The van der Waals surface area contributed by atoms with Crippen LogP contribution in [0.3, 0.4) is 0 Å². The summed E-state index contributed by atoms with van der Waals surface area (Å²) >= 11 is 5.83. The van der Waals surface area contributed by atoms with E-state index in [1.54, 1.807) is 24.3 Å². The molecular weight excluding hydrogens is 336 g/mol. The third-order valence-electron chi connectivity index (χ3n) is 4.42. The largest absolute Gasteiger partial charge is 0.326 e. The van der Waals surface area contributed by atoms with Crippen molar-refractivity contribution in [2.75, 3.05) is 10.6 Å². The summed E-state index contributed by atoms with van der Waals surface area (Å²) in [6, 6.07) is 14.7. The van der Waals surface area contributed by atoms with Crippen molar-refractivity contribution in [3.8, 4) is 0 Å². The molecule has 2 aromatic rings. The molecule has 2 amide bonds. The molecule has 1 aliphatic carbocycles. The first kappa shape index (κ1) is 17.5. The van der Waals surface area contributed by atoms with Gasteiger partial charge in [0.25, 0.3) is 0 Å². The number of carbonyl (C=O) groups is 2. The number of benzene rings is 2. The maximum atomic E-state index is 12.3. The molecule has 0 aliphatic heterocycles. The van der Waals surface area contributed by atoms with E-state index in [0.717, 1.165) is 5.69 Å². The van der Waals surface area contributed by atoms with Gasteiger partial charge >= 0.3 is 0 Å². The summed E-state index contributed by atoms with van der Waals surface area (Å²) in [4.78, 5) is 24.5. The Balaban J connectivity index is 1.52. The molecular formula is C20H21ClN2O2. The summed E-state index contributed by atoms with van der Waals surface area (Å²) in [5, 5.41) is 6.33. The van der Waals surface area contributed by atoms with E-state index in [2.05, 4.69) is 24.5 Å². The van der Waals surface area contributed by atoms with Gasteiger partial charge in [-0.25, -0.2) is 0 Å². The van der Waals surface area contributed by atoms with E-state index in [0.29, 0.717) is 23.0 Å². The zero-order chi connectivity index (χ0) is 18.0. The molecule has 1 saturated carbocycles. The Morgan fingerprint density at radius 1 is 0.880 bits per heavy atom. The molecule has 0 bridgehead atoms. The van der Waals surface area contributed by atoms with Crippen LogP contribution in [-0.4, -0.2) is 11.8 Å². The van der Waals surface area contributed by atoms with E-state index in [-0.39, 0.29) is 23.7 Å². The lowest BCUT2D eigenvalue weighted by molar-refractivity contribution is -0.122. The molecule has 3 rings (SSSR count). The summed E-state index contributed by atoms with van der Waals surface area (Å²) < 4.78 is 0. The van der Waals surface area contributed by atoms with E-state index in [1.807, 2.05) is 24.3 Å². The maximum Gasteiger partial charge on any atom is 0.228 e. The SMILES string of the molecule is CC(C)c1ccc(NC(=O)C2CC2C(=O)Nc2ccc(Cl)cc2)cc1. The normalized spacial score (nSPS) is 18.7. The summed E-state index contributed by atoms with van der Waals surface area (Å²) in [6.07, 6.45) is 0.579. The first-order valence-corrected chi connectivity index (χ1v) is 8.79. The molecule has 1 fully saturated rings. The van der Waals surface area contributed by atoms with Crippen LogP contribution in [0.1, 0.15) is 31.7 Å². The highest BCUT2D eigenvalue weighted by Gasteiger charge is 2.48. The van der Waals surface area contributed by atoms with Crippen molar-refractivity contribution in [2.45, 2.75) is 26.2 Å². The van der Waals surface area contributed by atoms with Crippen molar-refractivity contribution >= 4 is 34.8 Å². The summed E-state index contributed by atoms with van der Waals surface area (Å²) in [5.74, 6) is -0.317. The highest BCUT2D eigenvalue weighted by molar-refractivity contribution is 6.30. The first-order chi connectivity index (χ1) is 11.9. The predicted octanol–water partition coefficient (Wildman–Crippen LogP) is 4.68. The lowest BCUT2D eigenvalue weighted by Gasteiger charge is -2.08. The second kappa shape index (κ2) is 7.28. The Morgan fingerprint density at radius 3 is 1.76 bits per heavy atom. The topological polar surface area (TPSA) is 58.2 Å². The Bertz CT molecular complexity index is 769. The van der Waals surface area contributed by atoms with Gasteiger partial charge in [0, 0.05) is 16.4 Å². The third kappa shape index (κ3) is 4.40. The highest BCUT2D eigenvalue weighted by Crippen LogP contribution is 2.40. The van der Waals surface area contributed by atoms with E-state index >= 15 is 0 Å². The van der Waals surface area contributed by atoms with Gasteiger partial charge < -0.3 is 10.6 Å². The van der Waals surface area contributed by atoms with Crippen molar-refractivity contribution < 1.29 is 9.59 Å². The number of rotatable bonds is 5.